The van der Waals surface area contributed by atoms with Crippen molar-refractivity contribution in [1.82, 2.24) is 0 Å². The Morgan fingerprint density at radius 2 is 1.79 bits per heavy atom. The number of hydrogen-bond donors (Lipinski definition) is 0. The minimum Gasteiger partial charge on any atom is -0.493 e. The van der Waals surface area contributed by atoms with Crippen LogP contribution in [0.1, 0.15) is 13.8 Å². The molecule has 0 aromatic heterocycles. The summed E-state index contributed by atoms with van der Waals surface area (Å²) in [4.78, 5) is 0. The molecule has 0 N–H and O–H groups in total. The second-order valence-corrected chi connectivity index (χ2v) is 6.96. The minimum atomic E-state index is -1.04. The number of benzene rings is 1. The van der Waals surface area contributed by atoms with Gasteiger partial charge in [-0.15, -0.1) is 0 Å². The number of halogens is 2. The molecule has 0 heterocycles. The summed E-state index contributed by atoms with van der Waals surface area (Å²) in [6, 6.07) is 7.61. The van der Waals surface area contributed by atoms with Gasteiger partial charge in [0.2, 0.25) is 0 Å². The van der Waals surface area contributed by atoms with Gasteiger partial charge in [0, 0.05) is 5.30 Å². The largest absolute Gasteiger partial charge is 0.493 e. The highest BCUT2D eigenvalue weighted by Crippen LogP contribution is 2.45. The maximum Gasteiger partial charge on any atom is 0.119 e. The number of ether oxygens (including phenoxy) is 1. The quantitative estimate of drug-likeness (QED) is 0.731. The molecule has 0 amide bonds. The lowest BCUT2D eigenvalue weighted by atomic mass is 10.2. The minimum absolute atomic E-state index is 0.535. The van der Waals surface area contributed by atoms with Crippen LogP contribution in [0.2, 0.25) is 0 Å². The van der Waals surface area contributed by atoms with E-state index >= 15 is 0 Å². The molecule has 1 aromatic rings. The second-order valence-electron chi connectivity index (χ2n) is 3.43. The third-order valence-corrected chi connectivity index (χ3v) is 3.47. The summed E-state index contributed by atoms with van der Waals surface area (Å²) < 4.78 is 5.52. The van der Waals surface area contributed by atoms with E-state index in [1.165, 1.54) is 0 Å². The van der Waals surface area contributed by atoms with E-state index in [9.17, 15) is 0 Å². The summed E-state index contributed by atoms with van der Waals surface area (Å²) in [5.41, 5.74) is 0. The third-order valence-electron chi connectivity index (χ3n) is 1.62. The van der Waals surface area contributed by atoms with Gasteiger partial charge in [0.25, 0.3) is 0 Å². The van der Waals surface area contributed by atoms with Crippen LogP contribution in [0.4, 0.5) is 0 Å². The molecule has 0 unspecified atom stereocenters. The van der Waals surface area contributed by atoms with Crippen molar-refractivity contribution in [2.75, 3.05) is 6.61 Å². The zero-order chi connectivity index (χ0) is 10.6. The van der Waals surface area contributed by atoms with Gasteiger partial charge in [-0.2, -0.15) is 0 Å². The van der Waals surface area contributed by atoms with Crippen LogP contribution in [0.25, 0.3) is 0 Å². The molecule has 4 heteroatoms. The number of rotatable bonds is 4. The summed E-state index contributed by atoms with van der Waals surface area (Å²) in [7, 11) is 0. The van der Waals surface area contributed by atoms with Gasteiger partial charge in [0.1, 0.15) is 12.4 Å². The van der Waals surface area contributed by atoms with Crippen LogP contribution in [0.5, 0.6) is 5.75 Å². The van der Waals surface area contributed by atoms with Gasteiger partial charge >= 0.3 is 0 Å². The topological polar surface area (TPSA) is 9.23 Å². The lowest BCUT2D eigenvalue weighted by Crippen LogP contribution is -2.05. The second kappa shape index (κ2) is 5.80. The molecule has 0 aliphatic carbocycles. The van der Waals surface area contributed by atoms with E-state index in [-0.39, 0.29) is 0 Å². The van der Waals surface area contributed by atoms with E-state index < -0.39 is 6.63 Å². The van der Waals surface area contributed by atoms with Crippen LogP contribution in [0, 0.1) is 5.92 Å². The van der Waals surface area contributed by atoms with Gasteiger partial charge in [0.15, 0.2) is 0 Å². The van der Waals surface area contributed by atoms with Crippen molar-refractivity contribution in [2.45, 2.75) is 13.8 Å². The summed E-state index contributed by atoms with van der Waals surface area (Å²) in [6.07, 6.45) is 0. The Hall–Kier alpha value is 0.0300. The fraction of sp³-hybridized carbons (Fsp3) is 0.400. The smallest absolute Gasteiger partial charge is 0.119 e. The Balaban J connectivity index is 2.55. The normalized spacial score (nSPS) is 11.0. The van der Waals surface area contributed by atoms with E-state index in [2.05, 4.69) is 13.8 Å². The van der Waals surface area contributed by atoms with Gasteiger partial charge in [0.05, 0.1) is 6.61 Å². The molecule has 0 atom stereocenters. The first-order valence-electron chi connectivity index (χ1n) is 4.44. The van der Waals surface area contributed by atoms with E-state index in [4.69, 9.17) is 27.2 Å². The monoisotopic (exact) mass is 250 g/mol. The molecule has 0 fully saturated rings. The van der Waals surface area contributed by atoms with Crippen LogP contribution in [-0.4, -0.2) is 6.61 Å². The summed E-state index contributed by atoms with van der Waals surface area (Å²) in [6.45, 7) is 3.92. The van der Waals surface area contributed by atoms with Crippen LogP contribution in [-0.2, 0) is 0 Å². The summed E-state index contributed by atoms with van der Waals surface area (Å²) in [5, 5.41) is 0.959. The van der Waals surface area contributed by atoms with E-state index in [0.29, 0.717) is 5.92 Å². The van der Waals surface area contributed by atoms with Crippen molar-refractivity contribution in [3.05, 3.63) is 24.3 Å². The lowest BCUT2D eigenvalue weighted by molar-refractivity contribution is 0.271. The molecule has 1 aromatic carbocycles. The molecule has 1 rings (SSSR count). The van der Waals surface area contributed by atoms with Gasteiger partial charge in [-0.3, -0.25) is 0 Å². The first-order valence-corrected chi connectivity index (χ1v) is 7.59. The summed E-state index contributed by atoms with van der Waals surface area (Å²) >= 11 is 11.5. The molecule has 1 nitrogen and oxygen atoms in total. The molecule has 0 aliphatic heterocycles. The van der Waals surface area contributed by atoms with E-state index in [1.807, 2.05) is 24.3 Å². The number of hydrogen-bond acceptors (Lipinski definition) is 1. The molecule has 0 spiro atoms. The maximum atomic E-state index is 5.77. The third kappa shape index (κ3) is 4.04. The van der Waals surface area contributed by atoms with E-state index in [0.717, 1.165) is 17.7 Å². The molecule has 0 radical (unpaired) electrons. The Bertz CT molecular complexity index is 272. The lowest BCUT2D eigenvalue weighted by Gasteiger charge is -2.09. The maximum absolute atomic E-state index is 5.77. The van der Waals surface area contributed by atoms with Gasteiger partial charge in [-0.05, 0) is 30.2 Å². The molecule has 14 heavy (non-hydrogen) atoms. The summed E-state index contributed by atoms with van der Waals surface area (Å²) in [5.74, 6) is 1.40. The Kier molecular flexibility index (Phi) is 5.01. The van der Waals surface area contributed by atoms with Crippen molar-refractivity contribution in [3.8, 4) is 5.75 Å². The van der Waals surface area contributed by atoms with Crippen LogP contribution in [0.15, 0.2) is 24.3 Å². The molecule has 78 valence electrons. The fourth-order valence-corrected chi connectivity index (χ4v) is 1.97. The van der Waals surface area contributed by atoms with Crippen molar-refractivity contribution < 1.29 is 4.74 Å². The van der Waals surface area contributed by atoms with Gasteiger partial charge in [-0.1, -0.05) is 36.3 Å². The van der Waals surface area contributed by atoms with Crippen LogP contribution >= 0.6 is 29.1 Å². The first kappa shape index (κ1) is 12.1. The first-order chi connectivity index (χ1) is 6.59. The van der Waals surface area contributed by atoms with Crippen molar-refractivity contribution in [3.63, 3.8) is 0 Å². The highest BCUT2D eigenvalue weighted by atomic mass is 35.9. The molecule has 0 bridgehead atoms. The van der Waals surface area contributed by atoms with Crippen LogP contribution in [0.3, 0.4) is 0 Å². The fourth-order valence-electron chi connectivity index (χ4n) is 0.918. The van der Waals surface area contributed by atoms with Crippen molar-refractivity contribution in [2.24, 2.45) is 5.92 Å². The highest BCUT2D eigenvalue weighted by Gasteiger charge is 2.03. The van der Waals surface area contributed by atoms with E-state index in [1.54, 1.807) is 0 Å². The van der Waals surface area contributed by atoms with Crippen molar-refractivity contribution in [1.29, 1.82) is 0 Å². The Morgan fingerprint density at radius 3 is 2.21 bits per heavy atom. The molecule has 0 saturated carbocycles. The Labute approximate surface area is 95.7 Å². The molecule has 0 saturated heterocycles. The predicted octanol–water partition coefficient (Wildman–Crippen LogP) is 4.14. The van der Waals surface area contributed by atoms with Crippen LogP contribution < -0.4 is 10.0 Å². The zero-order valence-electron chi connectivity index (χ0n) is 8.21. The molecule has 0 aliphatic rings. The van der Waals surface area contributed by atoms with Gasteiger partial charge < -0.3 is 4.74 Å². The Morgan fingerprint density at radius 1 is 1.21 bits per heavy atom. The SMILES string of the molecule is CC(C)COc1ccc(P(Cl)Cl)cc1. The highest BCUT2D eigenvalue weighted by molar-refractivity contribution is 8.08. The molecular weight excluding hydrogens is 238 g/mol. The zero-order valence-corrected chi connectivity index (χ0v) is 10.6. The predicted molar refractivity (Wildman–Crippen MR) is 65.0 cm³/mol. The standard InChI is InChI=1S/C10H13Cl2OP/c1-8(2)7-13-9-3-5-10(6-4-9)14(11)12/h3-6,8H,7H2,1-2H3. The average Bonchev–Trinajstić information content (AvgIpc) is 2.15. The van der Waals surface area contributed by atoms with Gasteiger partial charge in [-0.25, -0.2) is 0 Å². The average molecular weight is 251 g/mol. The molecular formula is C10H13Cl2OP. The van der Waals surface area contributed by atoms with Crippen molar-refractivity contribution >= 4 is 34.4 Å².